The topological polar surface area (TPSA) is 64.8 Å². The molecule has 1 aromatic carbocycles. The maximum Gasteiger partial charge on any atom is 0.338 e. The van der Waals surface area contributed by atoms with Gasteiger partial charge in [-0.05, 0) is 39.2 Å². The Morgan fingerprint density at radius 1 is 1.39 bits per heavy atom. The third kappa shape index (κ3) is 4.25. The summed E-state index contributed by atoms with van der Waals surface area (Å²) in [6.07, 6.45) is 0. The van der Waals surface area contributed by atoms with Gasteiger partial charge in [-0.25, -0.2) is 4.79 Å². The fourth-order valence-electron chi connectivity index (χ4n) is 1.37. The average Bonchev–Trinajstić information content (AvgIpc) is 2.31. The molecule has 0 aliphatic rings. The summed E-state index contributed by atoms with van der Waals surface area (Å²) in [4.78, 5) is 13.7. The highest BCUT2D eigenvalue weighted by molar-refractivity contribution is 5.91. The van der Waals surface area contributed by atoms with Crippen LogP contribution in [0.5, 0.6) is 5.75 Å². The lowest BCUT2D eigenvalue weighted by atomic mass is 10.2. The molecule has 0 saturated carbocycles. The summed E-state index contributed by atoms with van der Waals surface area (Å²) in [5.41, 5.74) is 6.66. The highest BCUT2D eigenvalue weighted by Gasteiger charge is 2.10. The van der Waals surface area contributed by atoms with Crippen molar-refractivity contribution in [2.75, 3.05) is 39.6 Å². The van der Waals surface area contributed by atoms with E-state index in [-0.39, 0.29) is 5.97 Å². The first kappa shape index (κ1) is 14.3. The van der Waals surface area contributed by atoms with Crippen molar-refractivity contribution >= 4 is 11.7 Å². The average molecular weight is 252 g/mol. The van der Waals surface area contributed by atoms with Crippen molar-refractivity contribution < 1.29 is 14.3 Å². The standard InChI is InChI=1S/C13H20N2O3/c1-4-17-12-6-5-10(9-11(12)14)13(16)18-8-7-15(2)3/h5-6,9H,4,7-8,14H2,1-3H3. The van der Waals surface area contributed by atoms with Crippen LogP contribution >= 0.6 is 0 Å². The van der Waals surface area contributed by atoms with Crippen molar-refractivity contribution in [1.82, 2.24) is 4.90 Å². The molecule has 100 valence electrons. The number of nitrogen functional groups attached to an aromatic ring is 1. The molecule has 1 aromatic rings. The number of rotatable bonds is 6. The van der Waals surface area contributed by atoms with E-state index >= 15 is 0 Å². The summed E-state index contributed by atoms with van der Waals surface area (Å²) < 4.78 is 10.4. The lowest BCUT2D eigenvalue weighted by Gasteiger charge is -2.11. The number of hydrogen-bond acceptors (Lipinski definition) is 5. The lowest BCUT2D eigenvalue weighted by molar-refractivity contribution is 0.0482. The normalized spacial score (nSPS) is 10.4. The van der Waals surface area contributed by atoms with Gasteiger partial charge in [0.2, 0.25) is 0 Å². The van der Waals surface area contributed by atoms with Crippen LogP contribution in [0.15, 0.2) is 18.2 Å². The third-order valence-electron chi connectivity index (χ3n) is 2.32. The predicted molar refractivity (Wildman–Crippen MR) is 70.9 cm³/mol. The van der Waals surface area contributed by atoms with Crippen molar-refractivity contribution in [1.29, 1.82) is 0 Å². The van der Waals surface area contributed by atoms with Crippen molar-refractivity contribution in [2.24, 2.45) is 0 Å². The van der Waals surface area contributed by atoms with Gasteiger partial charge in [0.25, 0.3) is 0 Å². The van der Waals surface area contributed by atoms with Gasteiger partial charge in [0, 0.05) is 6.54 Å². The van der Waals surface area contributed by atoms with Crippen molar-refractivity contribution in [2.45, 2.75) is 6.92 Å². The number of esters is 1. The van der Waals surface area contributed by atoms with Gasteiger partial charge in [-0.3, -0.25) is 0 Å². The molecule has 18 heavy (non-hydrogen) atoms. The molecule has 1 rings (SSSR count). The molecule has 0 aliphatic heterocycles. The van der Waals surface area contributed by atoms with Crippen LogP contribution in [0.25, 0.3) is 0 Å². The minimum atomic E-state index is -0.369. The molecular formula is C13H20N2O3. The zero-order valence-electron chi connectivity index (χ0n) is 11.1. The Morgan fingerprint density at radius 2 is 2.11 bits per heavy atom. The summed E-state index contributed by atoms with van der Waals surface area (Å²) in [5, 5.41) is 0. The van der Waals surface area contributed by atoms with Crippen LogP contribution in [0.2, 0.25) is 0 Å². The summed E-state index contributed by atoms with van der Waals surface area (Å²) in [7, 11) is 3.84. The summed E-state index contributed by atoms with van der Waals surface area (Å²) in [5.74, 6) is 0.217. The van der Waals surface area contributed by atoms with Crippen LogP contribution < -0.4 is 10.5 Å². The van der Waals surface area contributed by atoms with Gasteiger partial charge in [-0.2, -0.15) is 0 Å². The van der Waals surface area contributed by atoms with E-state index in [1.807, 2.05) is 25.9 Å². The first-order chi connectivity index (χ1) is 8.54. The Hall–Kier alpha value is -1.75. The Balaban J connectivity index is 2.61. The van der Waals surface area contributed by atoms with Crippen LogP contribution in [0.4, 0.5) is 5.69 Å². The van der Waals surface area contributed by atoms with E-state index < -0.39 is 0 Å². The van der Waals surface area contributed by atoms with Crippen molar-refractivity contribution in [3.63, 3.8) is 0 Å². The van der Waals surface area contributed by atoms with Crippen molar-refractivity contribution in [3.8, 4) is 5.75 Å². The predicted octanol–water partition coefficient (Wildman–Crippen LogP) is 1.39. The van der Waals surface area contributed by atoms with Gasteiger partial charge >= 0.3 is 5.97 Å². The van der Waals surface area contributed by atoms with E-state index in [1.54, 1.807) is 18.2 Å². The Morgan fingerprint density at radius 3 is 2.67 bits per heavy atom. The molecule has 5 nitrogen and oxygen atoms in total. The SMILES string of the molecule is CCOc1ccc(C(=O)OCCN(C)C)cc1N. The molecule has 0 saturated heterocycles. The van der Waals surface area contributed by atoms with Crippen LogP contribution in [-0.4, -0.2) is 44.7 Å². The summed E-state index contributed by atoms with van der Waals surface area (Å²) >= 11 is 0. The van der Waals surface area contributed by atoms with E-state index in [9.17, 15) is 4.79 Å². The van der Waals surface area contributed by atoms with Crippen LogP contribution in [0.1, 0.15) is 17.3 Å². The van der Waals surface area contributed by atoms with E-state index in [1.165, 1.54) is 0 Å². The minimum absolute atomic E-state index is 0.360. The second-order valence-electron chi connectivity index (χ2n) is 4.12. The minimum Gasteiger partial charge on any atom is -0.492 e. The number of ether oxygens (including phenoxy) is 2. The van der Waals surface area contributed by atoms with E-state index in [0.717, 1.165) is 0 Å². The number of nitrogens with zero attached hydrogens (tertiary/aromatic N) is 1. The number of hydrogen-bond donors (Lipinski definition) is 1. The quantitative estimate of drug-likeness (QED) is 0.612. The summed E-state index contributed by atoms with van der Waals surface area (Å²) in [6.45, 7) is 3.47. The van der Waals surface area contributed by atoms with Gasteiger partial charge in [-0.15, -0.1) is 0 Å². The van der Waals surface area contributed by atoms with Gasteiger partial charge in [0.1, 0.15) is 12.4 Å². The number of likely N-dealkylation sites (N-methyl/N-ethyl adjacent to an activating group) is 1. The molecule has 0 amide bonds. The highest BCUT2D eigenvalue weighted by atomic mass is 16.5. The molecule has 0 bridgehead atoms. The second-order valence-corrected chi connectivity index (χ2v) is 4.12. The monoisotopic (exact) mass is 252 g/mol. The molecule has 0 aliphatic carbocycles. The van der Waals surface area contributed by atoms with Gasteiger partial charge in [0.15, 0.2) is 0 Å². The number of anilines is 1. The molecule has 5 heteroatoms. The highest BCUT2D eigenvalue weighted by Crippen LogP contribution is 2.22. The van der Waals surface area contributed by atoms with E-state index in [0.29, 0.717) is 36.8 Å². The van der Waals surface area contributed by atoms with Gasteiger partial charge < -0.3 is 20.1 Å². The van der Waals surface area contributed by atoms with E-state index in [2.05, 4.69) is 0 Å². The first-order valence-electron chi connectivity index (χ1n) is 5.88. The molecule has 0 atom stereocenters. The molecule has 0 unspecified atom stereocenters. The molecule has 0 spiro atoms. The fraction of sp³-hybridized carbons (Fsp3) is 0.462. The number of benzene rings is 1. The molecule has 0 fully saturated rings. The Bertz CT molecular complexity index is 405. The molecule has 0 aromatic heterocycles. The Labute approximate surface area is 107 Å². The molecule has 0 radical (unpaired) electrons. The number of nitrogens with two attached hydrogens (primary N) is 1. The van der Waals surface area contributed by atoms with Crippen molar-refractivity contribution in [3.05, 3.63) is 23.8 Å². The largest absolute Gasteiger partial charge is 0.492 e. The maximum atomic E-state index is 11.7. The van der Waals surface area contributed by atoms with Gasteiger partial charge in [-0.1, -0.05) is 0 Å². The van der Waals surface area contributed by atoms with Crippen LogP contribution in [0.3, 0.4) is 0 Å². The van der Waals surface area contributed by atoms with Crippen LogP contribution in [0, 0.1) is 0 Å². The Kier molecular flexibility index (Phi) is 5.45. The first-order valence-corrected chi connectivity index (χ1v) is 5.88. The molecule has 0 heterocycles. The smallest absolute Gasteiger partial charge is 0.338 e. The summed E-state index contributed by atoms with van der Waals surface area (Å²) in [6, 6.07) is 4.91. The molecular weight excluding hydrogens is 232 g/mol. The number of carbonyl (C=O) groups excluding carboxylic acids is 1. The van der Waals surface area contributed by atoms with Crippen LogP contribution in [-0.2, 0) is 4.74 Å². The van der Waals surface area contributed by atoms with E-state index in [4.69, 9.17) is 15.2 Å². The van der Waals surface area contributed by atoms with Gasteiger partial charge in [0.05, 0.1) is 17.9 Å². The lowest BCUT2D eigenvalue weighted by Crippen LogP contribution is -2.20. The zero-order valence-corrected chi connectivity index (χ0v) is 11.1. The fourth-order valence-corrected chi connectivity index (χ4v) is 1.37. The second kappa shape index (κ2) is 6.86. The maximum absolute atomic E-state index is 11.7. The zero-order chi connectivity index (χ0) is 13.5. The molecule has 2 N–H and O–H groups in total. The number of carbonyl (C=O) groups is 1. The third-order valence-corrected chi connectivity index (χ3v) is 2.32.